The van der Waals surface area contributed by atoms with Crippen LogP contribution in [0.1, 0.15) is 25.8 Å². The minimum atomic E-state index is -0.818. The Morgan fingerprint density at radius 3 is 2.54 bits per heavy atom. The van der Waals surface area contributed by atoms with Crippen LogP contribution in [0.25, 0.3) is 0 Å². The van der Waals surface area contributed by atoms with Crippen LogP contribution in [-0.4, -0.2) is 23.1 Å². The van der Waals surface area contributed by atoms with E-state index in [9.17, 15) is 8.78 Å². The largest absolute Gasteiger partial charge is 0.356 e. The number of aromatic nitrogens is 2. The highest BCUT2D eigenvalue weighted by molar-refractivity contribution is 7.98. The highest BCUT2D eigenvalue weighted by Crippen LogP contribution is 2.28. The van der Waals surface area contributed by atoms with Crippen molar-refractivity contribution in [2.24, 2.45) is 11.8 Å². The van der Waals surface area contributed by atoms with Crippen LogP contribution in [0.5, 0.6) is 0 Å². The molecule has 2 aromatic rings. The molecule has 1 aromatic carbocycles. The van der Waals surface area contributed by atoms with Crippen molar-refractivity contribution in [3.63, 3.8) is 0 Å². The molecule has 0 spiro atoms. The van der Waals surface area contributed by atoms with E-state index in [1.165, 1.54) is 24.2 Å². The van der Waals surface area contributed by atoms with Crippen LogP contribution in [-0.2, 0) is 5.75 Å². The number of hydrogen-bond acceptors (Lipinski definition) is 4. The second kappa shape index (κ2) is 7.47. The number of halogens is 2. The van der Waals surface area contributed by atoms with E-state index in [-0.39, 0.29) is 0 Å². The van der Waals surface area contributed by atoms with Gasteiger partial charge in [-0.05, 0) is 36.0 Å². The average Bonchev–Trinajstić information content (AvgIpc) is 2.55. The van der Waals surface area contributed by atoms with Crippen molar-refractivity contribution < 1.29 is 8.78 Å². The van der Waals surface area contributed by atoms with Gasteiger partial charge in [-0.2, -0.15) is 0 Å². The predicted octanol–water partition coefficient (Wildman–Crippen LogP) is 4.53. The van der Waals surface area contributed by atoms with E-state index in [4.69, 9.17) is 0 Å². The van der Waals surface area contributed by atoms with Crippen molar-refractivity contribution in [1.29, 1.82) is 0 Å². The standard InChI is InChI=1S/C18H21F2N3S/c1-12-5-13(2)9-23(8-12)17-7-18(22-11-21-17)24-10-14-3-4-15(19)16(20)6-14/h3-4,6-7,11-13H,5,8-10H2,1-2H3. The topological polar surface area (TPSA) is 29.0 Å². The molecule has 128 valence electrons. The monoisotopic (exact) mass is 349 g/mol. The van der Waals surface area contributed by atoms with Crippen LogP contribution in [0.15, 0.2) is 35.6 Å². The molecule has 0 N–H and O–H groups in total. The summed E-state index contributed by atoms with van der Waals surface area (Å²) in [6.07, 6.45) is 2.83. The zero-order valence-electron chi connectivity index (χ0n) is 13.9. The van der Waals surface area contributed by atoms with Gasteiger partial charge >= 0.3 is 0 Å². The lowest BCUT2D eigenvalue weighted by atomic mass is 9.92. The number of hydrogen-bond donors (Lipinski definition) is 0. The van der Waals surface area contributed by atoms with Crippen molar-refractivity contribution in [3.05, 3.63) is 47.8 Å². The first kappa shape index (κ1) is 17.1. The fourth-order valence-corrected chi connectivity index (χ4v) is 4.02. The molecule has 0 aliphatic carbocycles. The number of anilines is 1. The van der Waals surface area contributed by atoms with E-state index >= 15 is 0 Å². The third-order valence-corrected chi connectivity index (χ3v) is 5.19. The van der Waals surface area contributed by atoms with Gasteiger partial charge < -0.3 is 4.90 Å². The lowest BCUT2D eigenvalue weighted by Gasteiger charge is -2.35. The van der Waals surface area contributed by atoms with Crippen molar-refractivity contribution >= 4 is 17.6 Å². The van der Waals surface area contributed by atoms with Gasteiger partial charge in [-0.25, -0.2) is 18.7 Å². The van der Waals surface area contributed by atoms with Crippen LogP contribution in [0.2, 0.25) is 0 Å². The summed E-state index contributed by atoms with van der Waals surface area (Å²) in [6, 6.07) is 5.97. The predicted molar refractivity (Wildman–Crippen MR) is 93.1 cm³/mol. The Morgan fingerprint density at radius 1 is 1.08 bits per heavy atom. The summed E-state index contributed by atoms with van der Waals surface area (Å²) in [5, 5.41) is 0.843. The molecule has 2 heterocycles. The maximum absolute atomic E-state index is 13.3. The van der Waals surface area contributed by atoms with Crippen LogP contribution < -0.4 is 4.90 Å². The molecule has 24 heavy (non-hydrogen) atoms. The Bertz CT molecular complexity index is 700. The molecule has 0 bridgehead atoms. The molecular weight excluding hydrogens is 328 g/mol. The van der Waals surface area contributed by atoms with Gasteiger partial charge in [0.15, 0.2) is 11.6 Å². The van der Waals surface area contributed by atoms with Gasteiger partial charge in [0, 0.05) is 24.9 Å². The summed E-state index contributed by atoms with van der Waals surface area (Å²) in [6.45, 7) is 6.55. The maximum atomic E-state index is 13.3. The molecule has 1 saturated heterocycles. The van der Waals surface area contributed by atoms with Crippen molar-refractivity contribution in [2.75, 3.05) is 18.0 Å². The van der Waals surface area contributed by atoms with Gasteiger partial charge in [0.05, 0.1) is 0 Å². The van der Waals surface area contributed by atoms with Gasteiger partial charge in [0.2, 0.25) is 0 Å². The third-order valence-electron chi connectivity index (χ3n) is 4.19. The van der Waals surface area contributed by atoms with Crippen LogP contribution in [0.4, 0.5) is 14.6 Å². The quantitative estimate of drug-likeness (QED) is 0.599. The van der Waals surface area contributed by atoms with Crippen LogP contribution in [0, 0.1) is 23.5 Å². The minimum Gasteiger partial charge on any atom is -0.356 e. The smallest absolute Gasteiger partial charge is 0.159 e. The molecule has 2 unspecified atom stereocenters. The van der Waals surface area contributed by atoms with Crippen LogP contribution >= 0.6 is 11.8 Å². The summed E-state index contributed by atoms with van der Waals surface area (Å²) >= 11 is 1.50. The normalized spacial score (nSPS) is 21.1. The van der Waals surface area contributed by atoms with Gasteiger partial charge in [-0.1, -0.05) is 19.9 Å². The average molecular weight is 349 g/mol. The number of piperidine rings is 1. The molecule has 3 rings (SSSR count). The van der Waals surface area contributed by atoms with Crippen molar-refractivity contribution in [3.8, 4) is 0 Å². The summed E-state index contributed by atoms with van der Waals surface area (Å²) in [5.41, 5.74) is 0.735. The Hall–Kier alpha value is -1.69. The Labute approximate surface area is 145 Å². The van der Waals surface area contributed by atoms with Gasteiger partial charge in [-0.3, -0.25) is 0 Å². The number of thioether (sulfide) groups is 1. The molecule has 1 aromatic heterocycles. The first-order chi connectivity index (χ1) is 11.5. The molecule has 0 amide bonds. The Balaban J connectivity index is 1.67. The van der Waals surface area contributed by atoms with E-state index in [2.05, 4.69) is 28.7 Å². The molecule has 3 nitrogen and oxygen atoms in total. The lowest BCUT2D eigenvalue weighted by molar-refractivity contribution is 0.355. The summed E-state index contributed by atoms with van der Waals surface area (Å²) in [5.74, 6) is 1.16. The Kier molecular flexibility index (Phi) is 5.33. The second-order valence-electron chi connectivity index (χ2n) is 6.60. The van der Waals surface area contributed by atoms with Crippen LogP contribution in [0.3, 0.4) is 0 Å². The third kappa shape index (κ3) is 4.23. The molecule has 0 saturated carbocycles. The molecule has 0 radical (unpaired) electrons. The van der Waals surface area contributed by atoms with E-state index in [1.807, 2.05) is 6.07 Å². The fourth-order valence-electron chi connectivity index (χ4n) is 3.22. The molecular formula is C18H21F2N3S. The van der Waals surface area contributed by atoms with Gasteiger partial charge in [0.1, 0.15) is 17.2 Å². The molecule has 1 aliphatic heterocycles. The second-order valence-corrected chi connectivity index (χ2v) is 7.60. The fraction of sp³-hybridized carbons (Fsp3) is 0.444. The van der Waals surface area contributed by atoms with E-state index in [0.29, 0.717) is 17.6 Å². The van der Waals surface area contributed by atoms with Crippen molar-refractivity contribution in [2.45, 2.75) is 31.0 Å². The van der Waals surface area contributed by atoms with Crippen molar-refractivity contribution in [1.82, 2.24) is 9.97 Å². The minimum absolute atomic E-state index is 0.542. The zero-order chi connectivity index (χ0) is 17.1. The van der Waals surface area contributed by atoms with Gasteiger partial charge in [0.25, 0.3) is 0 Å². The first-order valence-corrected chi connectivity index (χ1v) is 9.13. The molecule has 2 atom stereocenters. The van der Waals surface area contributed by atoms with E-state index in [0.717, 1.165) is 35.6 Å². The number of rotatable bonds is 4. The van der Waals surface area contributed by atoms with Gasteiger partial charge in [-0.15, -0.1) is 11.8 Å². The summed E-state index contributed by atoms with van der Waals surface area (Å²) in [4.78, 5) is 11.0. The van der Waals surface area contributed by atoms with E-state index in [1.54, 1.807) is 12.4 Å². The zero-order valence-corrected chi connectivity index (χ0v) is 14.7. The number of nitrogens with zero attached hydrogens (tertiary/aromatic N) is 3. The summed E-state index contributed by atoms with van der Waals surface area (Å²) < 4.78 is 26.2. The highest BCUT2D eigenvalue weighted by atomic mass is 32.2. The molecule has 6 heteroatoms. The molecule has 1 aliphatic rings. The Morgan fingerprint density at radius 2 is 1.83 bits per heavy atom. The number of benzene rings is 1. The maximum Gasteiger partial charge on any atom is 0.159 e. The molecule has 1 fully saturated rings. The highest BCUT2D eigenvalue weighted by Gasteiger charge is 2.23. The van der Waals surface area contributed by atoms with E-state index < -0.39 is 11.6 Å². The lowest BCUT2D eigenvalue weighted by Crippen LogP contribution is -2.39. The first-order valence-electron chi connectivity index (χ1n) is 8.15. The SMILES string of the molecule is CC1CC(C)CN(c2cc(SCc3ccc(F)c(F)c3)ncn2)C1. The summed E-state index contributed by atoms with van der Waals surface area (Å²) in [7, 11) is 0.